The molecular formula is C8H48O10Si10. The molecule has 0 aliphatic rings. The van der Waals surface area contributed by atoms with Crippen LogP contribution >= 0.6 is 0 Å². The van der Waals surface area contributed by atoms with Crippen molar-refractivity contribution in [1.29, 1.82) is 0 Å². The van der Waals surface area contributed by atoms with Crippen LogP contribution in [0, 0.1) is 0 Å². The largest absolute Gasteiger partial charge is 0.445 e. The highest BCUT2D eigenvalue weighted by Crippen LogP contribution is 1.99. The van der Waals surface area contributed by atoms with Crippen molar-refractivity contribution in [1.82, 2.24) is 0 Å². The minimum Gasteiger partial charge on any atom is -0.445 e. The highest BCUT2D eigenvalue weighted by Gasteiger charge is 2.17. The van der Waals surface area contributed by atoms with Gasteiger partial charge >= 0.3 is 34.2 Å². The van der Waals surface area contributed by atoms with Crippen molar-refractivity contribution in [3.05, 3.63) is 0 Å². The summed E-state index contributed by atoms with van der Waals surface area (Å²) in [6.07, 6.45) is 0. The maximum atomic E-state index is 8.78. The molecule has 0 bridgehead atoms. The third-order valence-electron chi connectivity index (χ3n) is 1.98. The van der Waals surface area contributed by atoms with Gasteiger partial charge in [-0.3, -0.25) is 0 Å². The topological polar surface area (TPSA) is 158 Å². The van der Waals surface area contributed by atoms with Crippen molar-refractivity contribution in [3.8, 4) is 0 Å². The monoisotopic (exact) mass is 584 g/mol. The Labute approximate surface area is 194 Å². The molecule has 0 aromatic carbocycles. The Morgan fingerprint density at radius 3 is 0.571 bits per heavy atom. The van der Waals surface area contributed by atoms with Crippen LogP contribution in [-0.2, 0) is 16.5 Å². The molecular weight excluding hydrogens is 537 g/mol. The Bertz CT molecular complexity index is 255. The van der Waals surface area contributed by atoms with Crippen LogP contribution in [0.2, 0.25) is 52.4 Å². The molecule has 0 rings (SSSR count). The minimum absolute atomic E-state index is 0.306. The summed E-state index contributed by atoms with van der Waals surface area (Å²) in [5, 5.41) is 0. The molecule has 0 aromatic rings. The molecule has 0 atom stereocenters. The van der Waals surface area contributed by atoms with Crippen molar-refractivity contribution < 1.29 is 45.2 Å². The van der Waals surface area contributed by atoms with E-state index in [4.69, 9.17) is 45.2 Å². The average Bonchev–Trinajstić information content (AvgIpc) is 2.57. The second-order valence-corrected chi connectivity index (χ2v) is 24.7. The summed E-state index contributed by atoms with van der Waals surface area (Å²) in [5.74, 6) is 0. The third kappa shape index (κ3) is 105. The van der Waals surface area contributed by atoms with Crippen LogP contribution in [0.15, 0.2) is 0 Å². The minimum atomic E-state index is -2.61. The van der Waals surface area contributed by atoms with E-state index in [1.807, 2.05) is 0 Å². The Morgan fingerprint density at radius 1 is 0.464 bits per heavy atom. The van der Waals surface area contributed by atoms with Gasteiger partial charge in [-0.25, -0.2) is 0 Å². The van der Waals surface area contributed by atoms with Crippen LogP contribution in [0.3, 0.4) is 0 Å². The van der Waals surface area contributed by atoms with E-state index >= 15 is 0 Å². The SMILES string of the molecule is C[Si](C)(O)O.C[Si](C)(O)O[SiH3].C[Si](C)(O)O[SiH3].C[Si](C)(O[SiH3])O[SiH3].O[SiH3].O[SiH3]. The molecule has 0 aromatic heterocycles. The molecule has 0 radical (unpaired) electrons. The smallest absolute Gasteiger partial charge is 0.326 e. The molecule has 0 amide bonds. The highest BCUT2D eigenvalue weighted by molar-refractivity contribution is 6.70. The Hall–Kier alpha value is 1.77. The van der Waals surface area contributed by atoms with Crippen LogP contribution in [-0.4, -0.2) is 126 Å². The molecule has 0 aliphatic carbocycles. The molecule has 0 spiro atoms. The van der Waals surface area contributed by atoms with Gasteiger partial charge in [0.1, 0.15) is 62.9 Å². The van der Waals surface area contributed by atoms with Crippen molar-refractivity contribution in [2.75, 3.05) is 0 Å². The average molecular weight is 585 g/mol. The fraction of sp³-hybridized carbons (Fsp3) is 1.00. The molecule has 0 fully saturated rings. The summed E-state index contributed by atoms with van der Waals surface area (Å²) in [7, 11) is -4.72. The first-order valence-electron chi connectivity index (χ1n) is 8.24. The van der Waals surface area contributed by atoms with Gasteiger partial charge < -0.3 is 45.2 Å². The predicted molar refractivity (Wildman–Crippen MR) is 147 cm³/mol. The van der Waals surface area contributed by atoms with Gasteiger partial charge in [0.15, 0.2) is 0 Å². The zero-order valence-electron chi connectivity index (χ0n) is 20.3. The first kappa shape index (κ1) is 43.6. The van der Waals surface area contributed by atoms with E-state index in [2.05, 4.69) is 13.1 Å². The van der Waals surface area contributed by atoms with E-state index in [0.717, 1.165) is 21.0 Å². The quantitative estimate of drug-likeness (QED) is 0.175. The molecule has 28 heavy (non-hydrogen) atoms. The molecule has 0 unspecified atom stereocenters. The summed E-state index contributed by atoms with van der Waals surface area (Å²) in [4.78, 5) is 48.3. The van der Waals surface area contributed by atoms with Gasteiger partial charge in [0.2, 0.25) is 0 Å². The molecule has 20 heteroatoms. The lowest BCUT2D eigenvalue weighted by Gasteiger charge is -2.17. The number of rotatable bonds is 4. The van der Waals surface area contributed by atoms with Gasteiger partial charge in [0, 0.05) is 0 Å². The van der Waals surface area contributed by atoms with E-state index < -0.39 is 34.2 Å². The number of hydrogen-bond acceptors (Lipinski definition) is 10. The lowest BCUT2D eigenvalue weighted by atomic mass is 11.9. The Morgan fingerprint density at radius 2 is 0.571 bits per heavy atom. The Kier molecular flexibility index (Phi) is 39.0. The van der Waals surface area contributed by atoms with E-state index in [1.165, 1.54) is 13.1 Å². The Balaban J connectivity index is -0.0000000545. The summed E-state index contributed by atoms with van der Waals surface area (Å²) in [5.41, 5.74) is 0. The molecule has 0 saturated carbocycles. The molecule has 0 saturated heterocycles. The normalized spacial score (nSPS) is 11.4. The summed E-state index contributed by atoms with van der Waals surface area (Å²) < 4.78 is 19.9. The molecule has 0 heterocycles. The highest BCUT2D eigenvalue weighted by atomic mass is 28.4. The molecule has 0 aliphatic heterocycles. The first-order chi connectivity index (χ1) is 12.2. The van der Waals surface area contributed by atoms with Crippen LogP contribution in [0.25, 0.3) is 0 Å². The molecule has 10 nitrogen and oxygen atoms in total. The fourth-order valence-electron chi connectivity index (χ4n) is 0.0833. The van der Waals surface area contributed by atoms with Gasteiger partial charge in [-0.15, -0.1) is 0 Å². The third-order valence-corrected chi connectivity index (χ3v) is 17.8. The van der Waals surface area contributed by atoms with Crippen molar-refractivity contribution in [2.45, 2.75) is 52.4 Å². The maximum Gasteiger partial charge on any atom is 0.326 e. The van der Waals surface area contributed by atoms with Crippen LogP contribution < -0.4 is 0 Å². The fourth-order valence-corrected chi connectivity index (χ4v) is 2.25. The van der Waals surface area contributed by atoms with E-state index in [0.29, 0.717) is 41.9 Å². The zero-order chi connectivity index (χ0) is 24.8. The zero-order valence-corrected chi connectivity index (χ0v) is 36.3. The van der Waals surface area contributed by atoms with Crippen LogP contribution in [0.5, 0.6) is 0 Å². The van der Waals surface area contributed by atoms with Gasteiger partial charge in [0.05, 0.1) is 0 Å². The standard InChI is InChI=1S/C2H12O2Si3.2C2H10O2Si2.C2H8O2Si.2H4OSi/c1-7(2,3-5)4-6;2*1-6(2,3)4-5;1-5(2,3)4;2*1-2/h1-2,5-6H3;2*3H,1-2,5H3;3-4H,1-2H3;2*1H,2H3. The van der Waals surface area contributed by atoms with E-state index in [-0.39, 0.29) is 0 Å². The lowest BCUT2D eigenvalue weighted by Crippen LogP contribution is -2.32. The van der Waals surface area contributed by atoms with Gasteiger partial charge in [-0.1, -0.05) is 0 Å². The van der Waals surface area contributed by atoms with E-state index in [1.54, 1.807) is 26.2 Å². The number of hydrogen-bond donors (Lipinski definition) is 6. The second kappa shape index (κ2) is 25.0. The van der Waals surface area contributed by atoms with Crippen LogP contribution in [0.1, 0.15) is 0 Å². The van der Waals surface area contributed by atoms with E-state index in [9.17, 15) is 0 Å². The van der Waals surface area contributed by atoms with Crippen LogP contribution in [0.4, 0.5) is 0 Å². The van der Waals surface area contributed by atoms with Crippen molar-refractivity contribution >= 4 is 97.2 Å². The molecule has 6 N–H and O–H groups in total. The summed E-state index contributed by atoms with van der Waals surface area (Å²) >= 11 is 0. The maximum absolute atomic E-state index is 8.78. The molecule has 180 valence electrons. The summed E-state index contributed by atoms with van der Waals surface area (Å²) in [6.45, 7) is 14.0. The van der Waals surface area contributed by atoms with Gasteiger partial charge in [-0.05, 0) is 52.4 Å². The lowest BCUT2D eigenvalue weighted by molar-refractivity contribution is 0.382. The predicted octanol–water partition coefficient (Wildman–Crippen LogP) is -7.57. The second-order valence-electron chi connectivity index (χ2n) is 6.60. The van der Waals surface area contributed by atoms with Gasteiger partial charge in [0.25, 0.3) is 0 Å². The van der Waals surface area contributed by atoms with Gasteiger partial charge in [-0.2, -0.15) is 0 Å². The first-order valence-corrected chi connectivity index (χ1v) is 24.7. The van der Waals surface area contributed by atoms with Crippen molar-refractivity contribution in [3.63, 3.8) is 0 Å². The van der Waals surface area contributed by atoms with Crippen molar-refractivity contribution in [2.24, 2.45) is 0 Å². The summed E-state index contributed by atoms with van der Waals surface area (Å²) in [6, 6.07) is 0.